The molecule has 2 saturated heterocycles. The minimum atomic E-state index is -0.486. The van der Waals surface area contributed by atoms with Gasteiger partial charge in [-0.05, 0) is 78.7 Å². The summed E-state index contributed by atoms with van der Waals surface area (Å²) in [5, 5.41) is 0.769. The van der Waals surface area contributed by atoms with Gasteiger partial charge in [0.2, 0.25) is 0 Å². The molecule has 2 aromatic heterocycles. The summed E-state index contributed by atoms with van der Waals surface area (Å²) in [6, 6.07) is 16.5. The van der Waals surface area contributed by atoms with Crippen LogP contribution in [0, 0.1) is 0 Å². The van der Waals surface area contributed by atoms with Crippen molar-refractivity contribution in [2.24, 2.45) is 0 Å². The van der Waals surface area contributed by atoms with Crippen molar-refractivity contribution in [3.8, 4) is 11.4 Å². The normalized spacial score (nSPS) is 16.6. The average Bonchev–Trinajstić information content (AvgIpc) is 3.43. The van der Waals surface area contributed by atoms with Gasteiger partial charge in [0.1, 0.15) is 16.9 Å². The molecule has 0 bridgehead atoms. The molecule has 43 heavy (non-hydrogen) atoms. The van der Waals surface area contributed by atoms with Crippen molar-refractivity contribution in [3.63, 3.8) is 0 Å². The van der Waals surface area contributed by atoms with E-state index in [1.807, 2.05) is 39.1 Å². The molecule has 0 aliphatic carbocycles. The van der Waals surface area contributed by atoms with Gasteiger partial charge in [-0.2, -0.15) is 0 Å². The van der Waals surface area contributed by atoms with Crippen LogP contribution in [0.1, 0.15) is 26.3 Å². The lowest BCUT2D eigenvalue weighted by molar-refractivity contribution is 0.0240. The number of anilines is 2. The molecule has 0 atom stereocenters. The lowest BCUT2D eigenvalue weighted by Gasteiger charge is -2.36. The highest BCUT2D eigenvalue weighted by molar-refractivity contribution is 9.10. The van der Waals surface area contributed by atoms with E-state index in [0.717, 1.165) is 83.6 Å². The van der Waals surface area contributed by atoms with Crippen LogP contribution < -0.4 is 9.80 Å². The van der Waals surface area contributed by atoms with Crippen LogP contribution in [0.3, 0.4) is 0 Å². The smallest absolute Gasteiger partial charge is 0.410 e. The minimum Gasteiger partial charge on any atom is -0.444 e. The highest BCUT2D eigenvalue weighted by Gasteiger charge is 2.26. The zero-order chi connectivity index (χ0) is 30.1. The first kappa shape index (κ1) is 29.7. The summed E-state index contributed by atoms with van der Waals surface area (Å²) in [5.41, 5.74) is 5.68. The number of amides is 1. The summed E-state index contributed by atoms with van der Waals surface area (Å²) in [5.74, 6) is 0.796. The van der Waals surface area contributed by atoms with E-state index in [4.69, 9.17) is 21.3 Å². The monoisotopic (exact) mass is 665 g/mol. The number of aromatic nitrogens is 3. The number of rotatable bonds is 5. The van der Waals surface area contributed by atoms with Crippen LogP contribution in [0.15, 0.2) is 59.2 Å². The Balaban J connectivity index is 1.11. The predicted octanol–water partition coefficient (Wildman–Crippen LogP) is 6.42. The number of carbonyl (C=O) groups is 1. The SMILES string of the molecule is CC(C)(C)OC(=O)N1CCN(c2ccc(-c3nc4ncc(Br)c(N5CCN(Cc6ccc(Cl)cc6)CC5)c4[nH]3)cc2)CC1. The van der Waals surface area contributed by atoms with E-state index < -0.39 is 5.60 Å². The quantitative estimate of drug-likeness (QED) is 0.263. The number of fused-ring (bicyclic) bond motifs is 1. The standard InChI is InChI=1S/C32H37BrClN7O2/c1-32(2,3)43-31(42)41-18-16-39(17-19-41)25-10-6-23(7-11-25)29-36-27-28(26(33)20-35-30(27)37-29)40-14-12-38(13-15-40)21-22-4-8-24(34)9-5-22/h4-11,20H,12-19,21H2,1-3H3,(H,35,36,37). The Morgan fingerprint density at radius 2 is 1.58 bits per heavy atom. The van der Waals surface area contributed by atoms with Crippen LogP contribution in [0.5, 0.6) is 0 Å². The highest BCUT2D eigenvalue weighted by atomic mass is 79.9. The molecule has 0 saturated carbocycles. The van der Waals surface area contributed by atoms with Crippen molar-refractivity contribution in [3.05, 3.63) is 69.8 Å². The van der Waals surface area contributed by atoms with Gasteiger partial charge >= 0.3 is 6.09 Å². The number of nitrogens with zero attached hydrogens (tertiary/aromatic N) is 6. The van der Waals surface area contributed by atoms with E-state index in [9.17, 15) is 4.79 Å². The van der Waals surface area contributed by atoms with Gasteiger partial charge in [0.25, 0.3) is 0 Å². The van der Waals surface area contributed by atoms with Crippen LogP contribution >= 0.6 is 27.5 Å². The molecule has 6 rings (SSSR count). The number of hydrogen-bond acceptors (Lipinski definition) is 7. The van der Waals surface area contributed by atoms with Gasteiger partial charge < -0.3 is 24.4 Å². The zero-order valence-corrected chi connectivity index (χ0v) is 27.2. The molecule has 9 nitrogen and oxygen atoms in total. The molecule has 2 aliphatic heterocycles. The molecular formula is C32H37BrClN7O2. The molecule has 2 aliphatic rings. The Morgan fingerprint density at radius 3 is 2.23 bits per heavy atom. The van der Waals surface area contributed by atoms with Crippen molar-refractivity contribution in [2.75, 3.05) is 62.2 Å². The second-order valence-electron chi connectivity index (χ2n) is 12.1. The van der Waals surface area contributed by atoms with E-state index in [2.05, 4.69) is 77.0 Å². The second-order valence-corrected chi connectivity index (χ2v) is 13.4. The first-order valence-corrected chi connectivity index (χ1v) is 15.9. The van der Waals surface area contributed by atoms with Crippen LogP contribution in [0.4, 0.5) is 16.2 Å². The maximum Gasteiger partial charge on any atom is 0.410 e. The van der Waals surface area contributed by atoms with Gasteiger partial charge in [-0.1, -0.05) is 23.7 Å². The molecule has 0 spiro atoms. The number of carbonyl (C=O) groups excluding carboxylic acids is 1. The molecule has 226 valence electrons. The zero-order valence-electron chi connectivity index (χ0n) is 24.8. The third-order valence-corrected chi connectivity index (χ3v) is 8.73. The molecule has 2 fully saturated rings. The fraction of sp³-hybridized carbons (Fsp3) is 0.406. The van der Waals surface area contributed by atoms with Gasteiger partial charge in [0, 0.05) is 81.4 Å². The number of benzene rings is 2. The van der Waals surface area contributed by atoms with E-state index >= 15 is 0 Å². The lowest BCUT2D eigenvalue weighted by atomic mass is 10.1. The van der Waals surface area contributed by atoms with Crippen LogP contribution in [0.2, 0.25) is 5.02 Å². The van der Waals surface area contributed by atoms with Gasteiger partial charge in [-0.3, -0.25) is 4.90 Å². The van der Waals surface area contributed by atoms with E-state index in [0.29, 0.717) is 18.7 Å². The van der Waals surface area contributed by atoms with Crippen LogP contribution in [-0.4, -0.2) is 88.8 Å². The van der Waals surface area contributed by atoms with Crippen LogP contribution in [-0.2, 0) is 11.3 Å². The maximum atomic E-state index is 12.4. The molecule has 11 heteroatoms. The topological polar surface area (TPSA) is 80.8 Å². The summed E-state index contributed by atoms with van der Waals surface area (Å²) in [6.45, 7) is 13.2. The Bertz CT molecular complexity index is 1570. The third-order valence-electron chi connectivity index (χ3n) is 7.89. The first-order chi connectivity index (χ1) is 20.6. The van der Waals surface area contributed by atoms with Gasteiger partial charge in [0.15, 0.2) is 5.65 Å². The van der Waals surface area contributed by atoms with Gasteiger partial charge in [-0.15, -0.1) is 0 Å². The first-order valence-electron chi connectivity index (χ1n) is 14.7. The summed E-state index contributed by atoms with van der Waals surface area (Å²) < 4.78 is 6.49. The number of H-pyrrole nitrogens is 1. The van der Waals surface area contributed by atoms with E-state index in [1.165, 1.54) is 5.56 Å². The molecular weight excluding hydrogens is 630 g/mol. The molecule has 0 radical (unpaired) electrons. The summed E-state index contributed by atoms with van der Waals surface area (Å²) in [4.78, 5) is 34.4. The number of nitrogens with one attached hydrogen (secondary N) is 1. The lowest BCUT2D eigenvalue weighted by Crippen LogP contribution is -2.50. The molecule has 4 aromatic rings. The number of piperazine rings is 2. The fourth-order valence-corrected chi connectivity index (χ4v) is 6.33. The molecule has 2 aromatic carbocycles. The molecule has 1 amide bonds. The Hall–Kier alpha value is -3.34. The number of pyridine rings is 1. The van der Waals surface area contributed by atoms with Gasteiger partial charge in [-0.25, -0.2) is 14.8 Å². The number of imidazole rings is 1. The average molecular weight is 667 g/mol. The summed E-state index contributed by atoms with van der Waals surface area (Å²) in [7, 11) is 0. The molecule has 0 unspecified atom stereocenters. The minimum absolute atomic E-state index is 0.244. The number of halogens is 2. The molecule has 4 heterocycles. The Morgan fingerprint density at radius 1 is 0.930 bits per heavy atom. The van der Waals surface area contributed by atoms with Crippen molar-refractivity contribution >= 4 is 56.2 Å². The second kappa shape index (κ2) is 12.3. The number of aromatic amines is 1. The predicted molar refractivity (Wildman–Crippen MR) is 176 cm³/mol. The summed E-state index contributed by atoms with van der Waals surface area (Å²) >= 11 is 9.82. The van der Waals surface area contributed by atoms with E-state index in [-0.39, 0.29) is 6.09 Å². The van der Waals surface area contributed by atoms with E-state index in [1.54, 1.807) is 4.90 Å². The Labute approximate surface area is 265 Å². The third kappa shape index (κ3) is 6.92. The molecule has 1 N–H and O–H groups in total. The Kier molecular flexibility index (Phi) is 8.53. The fourth-order valence-electron chi connectivity index (χ4n) is 5.65. The highest BCUT2D eigenvalue weighted by Crippen LogP contribution is 2.35. The van der Waals surface area contributed by atoms with Crippen molar-refractivity contribution in [2.45, 2.75) is 32.9 Å². The number of hydrogen-bond donors (Lipinski definition) is 1. The van der Waals surface area contributed by atoms with Crippen molar-refractivity contribution in [1.29, 1.82) is 0 Å². The van der Waals surface area contributed by atoms with Crippen molar-refractivity contribution < 1.29 is 9.53 Å². The summed E-state index contributed by atoms with van der Waals surface area (Å²) in [6.07, 6.45) is 1.61. The van der Waals surface area contributed by atoms with Crippen LogP contribution in [0.25, 0.3) is 22.6 Å². The number of ether oxygens (including phenoxy) is 1. The largest absolute Gasteiger partial charge is 0.444 e. The van der Waals surface area contributed by atoms with Gasteiger partial charge in [0.05, 0.1) is 10.2 Å². The van der Waals surface area contributed by atoms with Crippen molar-refractivity contribution in [1.82, 2.24) is 24.8 Å². The maximum absolute atomic E-state index is 12.4.